The maximum atomic E-state index is 14.0. The van der Waals surface area contributed by atoms with Crippen LogP contribution in [0, 0.1) is 0 Å². The number of ether oxygens (including phenoxy) is 4. The van der Waals surface area contributed by atoms with E-state index >= 15 is 0 Å². The fourth-order valence-electron chi connectivity index (χ4n) is 5.28. The molecule has 0 unspecified atom stereocenters. The lowest BCUT2D eigenvalue weighted by Gasteiger charge is -2.16. The van der Waals surface area contributed by atoms with Crippen molar-refractivity contribution >= 4 is 9.84 Å². The average molecular weight is 671 g/mol. The van der Waals surface area contributed by atoms with E-state index in [1.54, 1.807) is 24.3 Å². The molecular weight excluding hydrogens is 633 g/mol. The normalized spacial score (nSPS) is 11.1. The maximum Gasteiger partial charge on any atom is 0.158 e. The molecule has 0 radical (unpaired) electrons. The van der Waals surface area contributed by atoms with E-state index in [1.165, 1.54) is 0 Å². The van der Waals surface area contributed by atoms with Gasteiger partial charge in [0.1, 0.15) is 49.4 Å². The zero-order valence-corrected chi connectivity index (χ0v) is 27.9. The smallest absolute Gasteiger partial charge is 0.158 e. The molecule has 0 bridgehead atoms. The molecule has 0 aliphatic heterocycles. The Morgan fingerprint density at radius 1 is 0.367 bits per heavy atom. The molecule has 0 saturated heterocycles. The van der Waals surface area contributed by atoms with Gasteiger partial charge in [0.25, 0.3) is 0 Å². The summed E-state index contributed by atoms with van der Waals surface area (Å²) in [6.07, 6.45) is 0. The van der Waals surface area contributed by atoms with Crippen LogP contribution in [-0.2, 0) is 47.8 Å². The van der Waals surface area contributed by atoms with Gasteiger partial charge in [-0.3, -0.25) is 0 Å². The van der Waals surface area contributed by atoms with Crippen molar-refractivity contribution in [2.75, 3.05) is 0 Å². The molecule has 6 nitrogen and oxygen atoms in total. The van der Waals surface area contributed by atoms with Crippen LogP contribution in [0.1, 0.15) is 33.4 Å². The van der Waals surface area contributed by atoms with Crippen molar-refractivity contribution in [2.24, 2.45) is 0 Å². The van der Waals surface area contributed by atoms with E-state index in [0.29, 0.717) is 60.6 Å². The van der Waals surface area contributed by atoms with Crippen molar-refractivity contribution in [3.63, 3.8) is 0 Å². The van der Waals surface area contributed by atoms with Crippen LogP contribution >= 0.6 is 0 Å². The summed E-state index contributed by atoms with van der Waals surface area (Å²) in [5, 5.41) is 0. The summed E-state index contributed by atoms with van der Waals surface area (Å²) in [5.74, 6) is 1.58. The first-order valence-electron chi connectivity index (χ1n) is 16.1. The van der Waals surface area contributed by atoms with E-state index in [0.717, 1.165) is 22.3 Å². The molecule has 7 heteroatoms. The highest BCUT2D eigenvalue weighted by Crippen LogP contribution is 2.32. The second-order valence-electron chi connectivity index (χ2n) is 11.7. The molecule has 0 atom stereocenters. The molecule has 0 aliphatic carbocycles. The summed E-state index contributed by atoms with van der Waals surface area (Å²) in [4.78, 5) is 0. The summed E-state index contributed by atoms with van der Waals surface area (Å²) in [5.41, 5.74) is 5.02. The first kappa shape index (κ1) is 33.4. The Bertz CT molecular complexity index is 1870. The van der Waals surface area contributed by atoms with Crippen molar-refractivity contribution in [1.29, 1.82) is 0 Å². The van der Waals surface area contributed by atoms with E-state index in [9.17, 15) is 8.42 Å². The van der Waals surface area contributed by atoms with E-state index in [4.69, 9.17) is 18.9 Å². The molecule has 6 aromatic carbocycles. The summed E-state index contributed by atoms with van der Waals surface area (Å²) in [6.45, 7) is 1.32. The van der Waals surface area contributed by atoms with Crippen LogP contribution in [0.25, 0.3) is 0 Å². The fourth-order valence-corrected chi connectivity index (χ4v) is 6.78. The van der Waals surface area contributed by atoms with Gasteiger partial charge in [-0.05, 0) is 58.7 Å². The number of hydrogen-bond acceptors (Lipinski definition) is 6. The molecular formula is C42H38O6S. The second kappa shape index (κ2) is 16.5. The third-order valence-corrected chi connectivity index (χ3v) is 9.29. The first-order valence-corrected chi connectivity index (χ1v) is 17.9. The van der Waals surface area contributed by atoms with Gasteiger partial charge < -0.3 is 18.9 Å². The Morgan fingerprint density at radius 3 is 1.00 bits per heavy atom. The lowest BCUT2D eigenvalue weighted by atomic mass is 10.2. The quantitative estimate of drug-likeness (QED) is 0.102. The van der Waals surface area contributed by atoms with Gasteiger partial charge in [-0.1, -0.05) is 121 Å². The lowest BCUT2D eigenvalue weighted by molar-refractivity contribution is 0.295. The highest BCUT2D eigenvalue weighted by molar-refractivity contribution is 7.89. The number of sulfone groups is 1. The van der Waals surface area contributed by atoms with Gasteiger partial charge in [0.05, 0.1) is 11.5 Å². The Morgan fingerprint density at radius 2 is 0.673 bits per heavy atom. The Balaban J connectivity index is 1.24. The van der Waals surface area contributed by atoms with Crippen molar-refractivity contribution < 1.29 is 27.4 Å². The monoisotopic (exact) mass is 670 g/mol. The van der Waals surface area contributed by atoms with Crippen LogP contribution < -0.4 is 18.9 Å². The van der Waals surface area contributed by atoms with Gasteiger partial charge in [0, 0.05) is 11.1 Å². The molecule has 0 heterocycles. The van der Waals surface area contributed by atoms with E-state index in [1.807, 2.05) is 133 Å². The highest BCUT2D eigenvalue weighted by atomic mass is 32.2. The molecule has 0 aliphatic rings. The minimum absolute atomic E-state index is 0.257. The third-order valence-electron chi connectivity index (χ3n) is 7.79. The lowest BCUT2D eigenvalue weighted by Crippen LogP contribution is -2.11. The molecule has 0 aromatic heterocycles. The van der Waals surface area contributed by atoms with E-state index in [2.05, 4.69) is 0 Å². The topological polar surface area (TPSA) is 71.1 Å². The van der Waals surface area contributed by atoms with Crippen molar-refractivity contribution in [1.82, 2.24) is 0 Å². The maximum absolute atomic E-state index is 14.0. The molecule has 0 spiro atoms. The molecule has 0 N–H and O–H groups in total. The number of benzene rings is 6. The molecule has 6 aromatic rings. The van der Waals surface area contributed by atoms with Gasteiger partial charge in [-0.2, -0.15) is 0 Å². The predicted octanol–water partition coefficient (Wildman–Crippen LogP) is 9.12. The van der Waals surface area contributed by atoms with Gasteiger partial charge in [-0.15, -0.1) is 0 Å². The van der Waals surface area contributed by atoms with Crippen LogP contribution in [0.15, 0.2) is 158 Å². The Kier molecular flexibility index (Phi) is 11.3. The van der Waals surface area contributed by atoms with Crippen LogP contribution in [0.2, 0.25) is 0 Å². The zero-order chi connectivity index (χ0) is 33.7. The SMILES string of the molecule is O=S(=O)(Cc1cc(OCc2ccccc2)ccc1OCc1ccccc1)Cc1cc(OCc2ccccc2)ccc1OCc1ccccc1. The summed E-state index contributed by atoms with van der Waals surface area (Å²) < 4.78 is 52.5. The van der Waals surface area contributed by atoms with Crippen molar-refractivity contribution in [2.45, 2.75) is 37.9 Å². The van der Waals surface area contributed by atoms with Crippen LogP contribution in [0.5, 0.6) is 23.0 Å². The van der Waals surface area contributed by atoms with E-state index in [-0.39, 0.29) is 11.5 Å². The minimum atomic E-state index is -3.74. The predicted molar refractivity (Wildman–Crippen MR) is 192 cm³/mol. The number of rotatable bonds is 16. The largest absolute Gasteiger partial charge is 0.489 e. The summed E-state index contributed by atoms with van der Waals surface area (Å²) >= 11 is 0. The van der Waals surface area contributed by atoms with Crippen molar-refractivity contribution in [3.05, 3.63) is 191 Å². The Labute approximate surface area is 288 Å². The van der Waals surface area contributed by atoms with Crippen LogP contribution in [-0.4, -0.2) is 8.42 Å². The first-order chi connectivity index (χ1) is 24.0. The van der Waals surface area contributed by atoms with Crippen molar-refractivity contribution in [3.8, 4) is 23.0 Å². The third kappa shape index (κ3) is 10.2. The van der Waals surface area contributed by atoms with Crippen LogP contribution in [0.4, 0.5) is 0 Å². The summed E-state index contributed by atoms with van der Waals surface area (Å²) in [6, 6.07) is 49.9. The van der Waals surface area contributed by atoms with E-state index < -0.39 is 9.84 Å². The zero-order valence-electron chi connectivity index (χ0n) is 27.1. The molecule has 6 rings (SSSR count). The van der Waals surface area contributed by atoms with Gasteiger partial charge in [0.2, 0.25) is 0 Å². The van der Waals surface area contributed by atoms with Gasteiger partial charge in [-0.25, -0.2) is 8.42 Å². The van der Waals surface area contributed by atoms with Crippen LogP contribution in [0.3, 0.4) is 0 Å². The summed E-state index contributed by atoms with van der Waals surface area (Å²) in [7, 11) is -3.74. The number of hydrogen-bond donors (Lipinski definition) is 0. The van der Waals surface area contributed by atoms with Gasteiger partial charge >= 0.3 is 0 Å². The highest BCUT2D eigenvalue weighted by Gasteiger charge is 2.21. The molecule has 0 saturated carbocycles. The fraction of sp³-hybridized carbons (Fsp3) is 0.143. The minimum Gasteiger partial charge on any atom is -0.489 e. The second-order valence-corrected chi connectivity index (χ2v) is 13.7. The molecule has 0 amide bonds. The average Bonchev–Trinajstić information content (AvgIpc) is 3.14. The molecule has 248 valence electrons. The van der Waals surface area contributed by atoms with Gasteiger partial charge in [0.15, 0.2) is 9.84 Å². The standard InChI is InChI=1S/C42H38O6S/c43-49(44,31-37-25-39(45-27-33-13-5-1-6-14-33)21-23-41(37)47-29-35-17-9-3-10-18-35)32-38-26-40(46-28-34-15-7-2-8-16-34)22-24-42(38)48-30-36-19-11-4-12-20-36/h1-26H,27-32H2. The molecule has 49 heavy (non-hydrogen) atoms. The Hall–Kier alpha value is -5.53. The molecule has 0 fully saturated rings.